The molecular weight excluding hydrogens is 305 g/mol. The first kappa shape index (κ1) is 15.5. The number of halogens is 4. The number of alkyl halides is 4. The summed E-state index contributed by atoms with van der Waals surface area (Å²) in [6.07, 6.45) is -1.33. The summed E-state index contributed by atoms with van der Waals surface area (Å²) < 4.78 is 37.2. The average Bonchev–Trinajstić information content (AvgIpc) is 2.30. The van der Waals surface area contributed by atoms with Gasteiger partial charge in [-0.2, -0.15) is 13.2 Å². The maximum atomic E-state index is 12.4. The number of hydrogen-bond acceptors (Lipinski definition) is 0. The largest absolute Gasteiger partial charge is 0.416 e. The number of benzene rings is 1. The highest BCUT2D eigenvalue weighted by molar-refractivity contribution is 9.09. The fraction of sp³-hybridized carbons (Fsp3) is 0.571. The minimum absolute atomic E-state index is 0.323. The Hall–Kier alpha value is -0.510. The van der Waals surface area contributed by atoms with Crippen LogP contribution in [0.25, 0.3) is 0 Å². The monoisotopic (exact) mass is 322 g/mol. The molecule has 18 heavy (non-hydrogen) atoms. The van der Waals surface area contributed by atoms with Gasteiger partial charge in [0.15, 0.2) is 0 Å². The molecule has 1 rings (SSSR count). The van der Waals surface area contributed by atoms with E-state index < -0.39 is 11.7 Å². The van der Waals surface area contributed by atoms with E-state index in [1.165, 1.54) is 0 Å². The SMILES string of the molecule is CCC(CC)C(Br)Cc1ccc(C(F)(F)F)cc1. The van der Waals surface area contributed by atoms with Gasteiger partial charge in [0.05, 0.1) is 5.56 Å². The summed E-state index contributed by atoms with van der Waals surface area (Å²) in [4.78, 5) is 0.323. The molecule has 4 heteroatoms. The van der Waals surface area contributed by atoms with E-state index in [-0.39, 0.29) is 0 Å². The molecule has 1 aromatic rings. The molecule has 0 aliphatic rings. The molecule has 0 fully saturated rings. The van der Waals surface area contributed by atoms with E-state index in [1.807, 2.05) is 0 Å². The van der Waals surface area contributed by atoms with E-state index in [9.17, 15) is 13.2 Å². The fourth-order valence-corrected chi connectivity index (χ4v) is 3.14. The lowest BCUT2D eigenvalue weighted by Crippen LogP contribution is -2.15. The van der Waals surface area contributed by atoms with Crippen molar-refractivity contribution >= 4 is 15.9 Å². The Morgan fingerprint density at radius 3 is 1.94 bits per heavy atom. The molecule has 0 radical (unpaired) electrons. The first-order chi connectivity index (χ1) is 8.38. The van der Waals surface area contributed by atoms with Crippen molar-refractivity contribution in [1.29, 1.82) is 0 Å². The van der Waals surface area contributed by atoms with Gasteiger partial charge in [-0.1, -0.05) is 54.8 Å². The second-order valence-corrected chi connectivity index (χ2v) is 5.67. The van der Waals surface area contributed by atoms with Gasteiger partial charge in [-0.3, -0.25) is 0 Å². The molecule has 0 amide bonds. The van der Waals surface area contributed by atoms with Crippen LogP contribution in [0.4, 0.5) is 13.2 Å². The van der Waals surface area contributed by atoms with Crippen LogP contribution in [0.15, 0.2) is 24.3 Å². The Kier molecular flexibility index (Phi) is 5.70. The Balaban J connectivity index is 2.69. The molecule has 1 atom stereocenters. The normalized spacial score (nSPS) is 13.9. The Bertz CT molecular complexity index is 352. The molecule has 0 bridgehead atoms. The summed E-state index contributed by atoms with van der Waals surface area (Å²) in [5.41, 5.74) is 0.358. The third-order valence-corrected chi connectivity index (χ3v) is 4.34. The van der Waals surface area contributed by atoms with Crippen molar-refractivity contribution in [2.45, 2.75) is 44.1 Å². The van der Waals surface area contributed by atoms with Crippen molar-refractivity contribution in [2.75, 3.05) is 0 Å². The third-order valence-electron chi connectivity index (χ3n) is 3.27. The van der Waals surface area contributed by atoms with Crippen LogP contribution in [-0.2, 0) is 12.6 Å². The van der Waals surface area contributed by atoms with Gasteiger partial charge in [-0.05, 0) is 30.0 Å². The lowest BCUT2D eigenvalue weighted by molar-refractivity contribution is -0.137. The second-order valence-electron chi connectivity index (χ2n) is 4.49. The van der Waals surface area contributed by atoms with Crippen LogP contribution in [0.1, 0.15) is 37.8 Å². The van der Waals surface area contributed by atoms with Crippen molar-refractivity contribution in [2.24, 2.45) is 5.92 Å². The highest BCUT2D eigenvalue weighted by atomic mass is 79.9. The van der Waals surface area contributed by atoms with Crippen molar-refractivity contribution in [1.82, 2.24) is 0 Å². The highest BCUT2D eigenvalue weighted by Gasteiger charge is 2.30. The molecule has 102 valence electrons. The summed E-state index contributed by atoms with van der Waals surface area (Å²) in [5, 5.41) is 0. The average molecular weight is 323 g/mol. The lowest BCUT2D eigenvalue weighted by atomic mass is 9.94. The zero-order chi connectivity index (χ0) is 13.8. The molecular formula is C14H18BrF3. The van der Waals surface area contributed by atoms with Crippen LogP contribution < -0.4 is 0 Å². The number of hydrogen-bond donors (Lipinski definition) is 0. The van der Waals surface area contributed by atoms with Crippen LogP contribution in [0.3, 0.4) is 0 Å². The van der Waals surface area contributed by atoms with Gasteiger partial charge in [0.2, 0.25) is 0 Å². The van der Waals surface area contributed by atoms with Crippen LogP contribution in [-0.4, -0.2) is 4.83 Å². The van der Waals surface area contributed by atoms with Crippen LogP contribution >= 0.6 is 15.9 Å². The van der Waals surface area contributed by atoms with Gasteiger partial charge in [-0.15, -0.1) is 0 Å². The maximum Gasteiger partial charge on any atom is 0.416 e. The van der Waals surface area contributed by atoms with Gasteiger partial charge in [0.25, 0.3) is 0 Å². The molecule has 0 heterocycles. The topological polar surface area (TPSA) is 0 Å². The van der Waals surface area contributed by atoms with E-state index in [1.54, 1.807) is 12.1 Å². The van der Waals surface area contributed by atoms with E-state index >= 15 is 0 Å². The zero-order valence-corrected chi connectivity index (χ0v) is 12.2. The molecule has 0 N–H and O–H groups in total. The van der Waals surface area contributed by atoms with Gasteiger partial charge in [-0.25, -0.2) is 0 Å². The van der Waals surface area contributed by atoms with E-state index in [4.69, 9.17) is 0 Å². The quantitative estimate of drug-likeness (QED) is 0.632. The lowest BCUT2D eigenvalue weighted by Gasteiger charge is -2.19. The number of rotatable bonds is 5. The minimum atomic E-state index is -4.25. The predicted molar refractivity (Wildman–Crippen MR) is 71.9 cm³/mol. The van der Waals surface area contributed by atoms with E-state index in [0.29, 0.717) is 10.7 Å². The minimum Gasteiger partial charge on any atom is -0.166 e. The summed E-state index contributed by atoms with van der Waals surface area (Å²) in [6.45, 7) is 4.27. The summed E-state index contributed by atoms with van der Waals surface area (Å²) in [6, 6.07) is 5.45. The molecule has 0 aromatic heterocycles. The summed E-state index contributed by atoms with van der Waals surface area (Å²) in [5.74, 6) is 0.562. The van der Waals surface area contributed by atoms with Crippen molar-refractivity contribution in [3.8, 4) is 0 Å². The smallest absolute Gasteiger partial charge is 0.166 e. The van der Waals surface area contributed by atoms with Gasteiger partial charge in [0, 0.05) is 4.83 Å². The Morgan fingerprint density at radius 1 is 1.06 bits per heavy atom. The summed E-state index contributed by atoms with van der Waals surface area (Å²) in [7, 11) is 0. The van der Waals surface area contributed by atoms with Gasteiger partial charge in [0.1, 0.15) is 0 Å². The standard InChI is InChI=1S/C14H18BrF3/c1-3-11(4-2)13(15)9-10-5-7-12(8-6-10)14(16,17)18/h5-8,11,13H,3-4,9H2,1-2H3. The van der Waals surface area contributed by atoms with Crippen LogP contribution in [0.2, 0.25) is 0 Å². The van der Waals surface area contributed by atoms with Gasteiger partial charge >= 0.3 is 6.18 Å². The molecule has 1 aromatic carbocycles. The Morgan fingerprint density at radius 2 is 1.56 bits per heavy atom. The van der Waals surface area contributed by atoms with Crippen LogP contribution in [0.5, 0.6) is 0 Å². The molecule has 0 aliphatic carbocycles. The van der Waals surface area contributed by atoms with Crippen molar-refractivity contribution in [3.63, 3.8) is 0 Å². The molecule has 1 unspecified atom stereocenters. The summed E-state index contributed by atoms with van der Waals surface area (Å²) >= 11 is 3.64. The van der Waals surface area contributed by atoms with E-state index in [0.717, 1.165) is 37.0 Å². The molecule has 0 aliphatic heterocycles. The van der Waals surface area contributed by atoms with Crippen molar-refractivity contribution in [3.05, 3.63) is 35.4 Å². The van der Waals surface area contributed by atoms with Crippen molar-refractivity contribution < 1.29 is 13.2 Å². The highest BCUT2D eigenvalue weighted by Crippen LogP contribution is 2.30. The first-order valence-corrected chi connectivity index (χ1v) is 7.10. The molecule has 0 saturated heterocycles. The molecule has 0 nitrogen and oxygen atoms in total. The Labute approximate surface area is 115 Å². The molecule has 0 spiro atoms. The van der Waals surface area contributed by atoms with Gasteiger partial charge < -0.3 is 0 Å². The second kappa shape index (κ2) is 6.60. The first-order valence-electron chi connectivity index (χ1n) is 6.18. The van der Waals surface area contributed by atoms with Crippen LogP contribution in [0, 0.1) is 5.92 Å². The zero-order valence-electron chi connectivity index (χ0n) is 10.6. The fourth-order valence-electron chi connectivity index (χ4n) is 2.02. The molecule has 0 saturated carbocycles. The third kappa shape index (κ3) is 4.30. The maximum absolute atomic E-state index is 12.4. The van der Waals surface area contributed by atoms with E-state index in [2.05, 4.69) is 29.8 Å². The predicted octanol–water partition coefficient (Wildman–Crippen LogP) is 5.45.